The van der Waals surface area contributed by atoms with Gasteiger partial charge in [0.1, 0.15) is 11.3 Å². The van der Waals surface area contributed by atoms with Crippen LogP contribution >= 0.6 is 0 Å². The van der Waals surface area contributed by atoms with Crippen molar-refractivity contribution >= 4 is 17.9 Å². The predicted molar refractivity (Wildman–Crippen MR) is 133 cm³/mol. The van der Waals surface area contributed by atoms with Gasteiger partial charge in [0.2, 0.25) is 17.7 Å². The van der Waals surface area contributed by atoms with Gasteiger partial charge in [0.25, 0.3) is 0 Å². The molecule has 0 unspecified atom stereocenters. The van der Waals surface area contributed by atoms with Crippen molar-refractivity contribution in [2.45, 2.75) is 57.5 Å². The van der Waals surface area contributed by atoms with Gasteiger partial charge in [-0.3, -0.25) is 9.59 Å². The molecule has 3 amide bonds. The zero-order chi connectivity index (χ0) is 25.5. The standard InChI is InChI=1S/C26H35N5O5/c1-3-35-25(34)31-15-9-20(10-16-31)28-24(33)26(11-13-27-14-12-26)30-22(32)17-21-18(2)36-23(29-21)19-7-5-4-6-8-19/h4-8,20,27H,3,9-17H2,1-2H3,(H,28,33)(H,30,32). The van der Waals surface area contributed by atoms with Crippen LogP contribution in [0.1, 0.15) is 44.1 Å². The molecule has 4 rings (SSSR count). The number of amides is 3. The van der Waals surface area contributed by atoms with Gasteiger partial charge in [0.15, 0.2) is 0 Å². The first kappa shape index (κ1) is 25.7. The molecule has 0 aliphatic carbocycles. The van der Waals surface area contributed by atoms with E-state index in [9.17, 15) is 14.4 Å². The van der Waals surface area contributed by atoms with E-state index in [2.05, 4.69) is 20.9 Å². The number of carbonyl (C=O) groups excluding carboxylic acids is 3. The van der Waals surface area contributed by atoms with E-state index in [1.54, 1.807) is 18.7 Å². The van der Waals surface area contributed by atoms with Crippen LogP contribution in [0.2, 0.25) is 0 Å². The largest absolute Gasteiger partial charge is 0.450 e. The summed E-state index contributed by atoms with van der Waals surface area (Å²) in [6.07, 6.45) is 2.00. The highest BCUT2D eigenvalue weighted by molar-refractivity contribution is 5.92. The number of hydrogen-bond acceptors (Lipinski definition) is 7. The van der Waals surface area contributed by atoms with Crippen molar-refractivity contribution in [1.82, 2.24) is 25.8 Å². The highest BCUT2D eigenvalue weighted by Crippen LogP contribution is 2.24. The van der Waals surface area contributed by atoms with Gasteiger partial charge in [-0.1, -0.05) is 18.2 Å². The van der Waals surface area contributed by atoms with Crippen LogP contribution in [-0.2, 0) is 20.7 Å². The van der Waals surface area contributed by atoms with Crippen LogP contribution < -0.4 is 16.0 Å². The van der Waals surface area contributed by atoms with Gasteiger partial charge in [-0.2, -0.15) is 0 Å². The Bertz CT molecular complexity index is 1060. The number of piperidine rings is 2. The monoisotopic (exact) mass is 497 g/mol. The average molecular weight is 498 g/mol. The SMILES string of the molecule is CCOC(=O)N1CCC(NC(=O)C2(NC(=O)Cc3nc(-c4ccccc4)oc3C)CCNCC2)CC1. The first-order valence-corrected chi connectivity index (χ1v) is 12.7. The number of likely N-dealkylation sites (tertiary alicyclic amines) is 1. The topological polar surface area (TPSA) is 126 Å². The van der Waals surface area contributed by atoms with E-state index in [-0.39, 0.29) is 30.4 Å². The zero-order valence-electron chi connectivity index (χ0n) is 21.0. The predicted octanol–water partition coefficient (Wildman–Crippen LogP) is 2.17. The van der Waals surface area contributed by atoms with E-state index in [0.29, 0.717) is 75.8 Å². The number of ether oxygens (including phenoxy) is 1. The molecular formula is C26H35N5O5. The summed E-state index contributed by atoms with van der Waals surface area (Å²) in [5.41, 5.74) is 0.415. The summed E-state index contributed by atoms with van der Waals surface area (Å²) in [4.78, 5) is 44.7. The van der Waals surface area contributed by atoms with Crippen LogP contribution in [0.15, 0.2) is 34.7 Å². The third kappa shape index (κ3) is 6.04. The van der Waals surface area contributed by atoms with Gasteiger partial charge in [0.05, 0.1) is 18.7 Å². The molecule has 2 aliphatic heterocycles. The lowest BCUT2D eigenvalue weighted by molar-refractivity contribution is -0.135. The number of hydrogen-bond donors (Lipinski definition) is 3. The summed E-state index contributed by atoms with van der Waals surface area (Å²) < 4.78 is 10.9. The molecular weight excluding hydrogens is 462 g/mol. The normalized spacial score (nSPS) is 17.9. The molecule has 2 fully saturated rings. The molecule has 2 aromatic rings. The fourth-order valence-corrected chi connectivity index (χ4v) is 4.77. The van der Waals surface area contributed by atoms with Crippen molar-refractivity contribution in [1.29, 1.82) is 0 Å². The molecule has 1 aromatic heterocycles. The van der Waals surface area contributed by atoms with E-state index >= 15 is 0 Å². The Kier molecular flexibility index (Phi) is 8.25. The fourth-order valence-electron chi connectivity index (χ4n) is 4.77. The van der Waals surface area contributed by atoms with E-state index in [4.69, 9.17) is 9.15 Å². The first-order valence-electron chi connectivity index (χ1n) is 12.7. The van der Waals surface area contributed by atoms with E-state index in [1.807, 2.05) is 30.3 Å². The summed E-state index contributed by atoms with van der Waals surface area (Å²) in [5.74, 6) is 0.620. The van der Waals surface area contributed by atoms with Gasteiger partial charge < -0.3 is 30.0 Å². The van der Waals surface area contributed by atoms with Crippen molar-refractivity contribution in [2.75, 3.05) is 32.8 Å². The van der Waals surface area contributed by atoms with Crippen LogP contribution in [0.3, 0.4) is 0 Å². The number of aromatic nitrogens is 1. The molecule has 3 heterocycles. The smallest absolute Gasteiger partial charge is 0.409 e. The number of oxazole rings is 1. The van der Waals surface area contributed by atoms with Gasteiger partial charge in [-0.25, -0.2) is 9.78 Å². The third-order valence-corrected chi connectivity index (χ3v) is 6.87. The molecule has 2 aliphatic rings. The number of nitrogens with one attached hydrogen (secondary N) is 3. The average Bonchev–Trinajstić information content (AvgIpc) is 3.25. The number of benzene rings is 1. The van der Waals surface area contributed by atoms with Gasteiger partial charge in [0, 0.05) is 24.7 Å². The maximum absolute atomic E-state index is 13.5. The molecule has 194 valence electrons. The van der Waals surface area contributed by atoms with Crippen LogP contribution in [0, 0.1) is 6.92 Å². The molecule has 36 heavy (non-hydrogen) atoms. The molecule has 3 N–H and O–H groups in total. The Labute approximate surface area is 211 Å². The van der Waals surface area contributed by atoms with Crippen molar-refractivity contribution in [2.24, 2.45) is 0 Å². The second kappa shape index (κ2) is 11.6. The second-order valence-electron chi connectivity index (χ2n) is 9.38. The first-order chi connectivity index (χ1) is 17.4. The molecule has 0 bridgehead atoms. The van der Waals surface area contributed by atoms with E-state index < -0.39 is 5.54 Å². The fraction of sp³-hybridized carbons (Fsp3) is 0.538. The van der Waals surface area contributed by atoms with Gasteiger partial charge in [-0.05, 0) is 64.8 Å². The molecule has 1 aromatic carbocycles. The maximum Gasteiger partial charge on any atom is 0.409 e. The Morgan fingerprint density at radius 1 is 1.17 bits per heavy atom. The van der Waals surface area contributed by atoms with E-state index in [1.165, 1.54) is 0 Å². The lowest BCUT2D eigenvalue weighted by Crippen LogP contribution is -2.64. The molecule has 0 radical (unpaired) electrons. The van der Waals surface area contributed by atoms with Crippen LogP contribution in [0.5, 0.6) is 0 Å². The molecule has 0 spiro atoms. The molecule has 10 heteroatoms. The molecule has 0 saturated carbocycles. The number of rotatable bonds is 7. The summed E-state index contributed by atoms with van der Waals surface area (Å²) >= 11 is 0. The Balaban J connectivity index is 1.38. The molecule has 0 atom stereocenters. The second-order valence-corrected chi connectivity index (χ2v) is 9.38. The Morgan fingerprint density at radius 3 is 2.53 bits per heavy atom. The molecule has 2 saturated heterocycles. The van der Waals surface area contributed by atoms with Crippen LogP contribution in [-0.4, -0.2) is 72.2 Å². The van der Waals surface area contributed by atoms with E-state index in [0.717, 1.165) is 5.56 Å². The Hall–Kier alpha value is -3.40. The quantitative estimate of drug-likeness (QED) is 0.535. The van der Waals surface area contributed by atoms with Crippen molar-refractivity contribution < 1.29 is 23.5 Å². The summed E-state index contributed by atoms with van der Waals surface area (Å²) in [5, 5.41) is 9.43. The van der Waals surface area contributed by atoms with Crippen molar-refractivity contribution in [3.05, 3.63) is 41.8 Å². The van der Waals surface area contributed by atoms with Gasteiger partial charge in [-0.15, -0.1) is 0 Å². The number of carbonyl (C=O) groups is 3. The minimum atomic E-state index is -0.986. The lowest BCUT2D eigenvalue weighted by Gasteiger charge is -2.39. The number of aryl methyl sites for hydroxylation is 1. The number of nitrogens with zero attached hydrogens (tertiary/aromatic N) is 2. The third-order valence-electron chi connectivity index (χ3n) is 6.87. The van der Waals surface area contributed by atoms with Gasteiger partial charge >= 0.3 is 6.09 Å². The van der Waals surface area contributed by atoms with Crippen molar-refractivity contribution in [3.8, 4) is 11.5 Å². The summed E-state index contributed by atoms with van der Waals surface area (Å²) in [7, 11) is 0. The minimum absolute atomic E-state index is 0.0303. The highest BCUT2D eigenvalue weighted by atomic mass is 16.6. The summed E-state index contributed by atoms with van der Waals surface area (Å²) in [6, 6.07) is 9.48. The maximum atomic E-state index is 13.5. The lowest BCUT2D eigenvalue weighted by atomic mass is 9.86. The van der Waals surface area contributed by atoms with Crippen LogP contribution in [0.4, 0.5) is 4.79 Å². The minimum Gasteiger partial charge on any atom is -0.450 e. The highest BCUT2D eigenvalue weighted by Gasteiger charge is 2.42. The Morgan fingerprint density at radius 2 is 1.86 bits per heavy atom. The van der Waals surface area contributed by atoms with Crippen molar-refractivity contribution in [3.63, 3.8) is 0 Å². The summed E-state index contributed by atoms with van der Waals surface area (Å²) in [6.45, 7) is 6.24. The molecule has 10 nitrogen and oxygen atoms in total. The van der Waals surface area contributed by atoms with Crippen LogP contribution in [0.25, 0.3) is 11.5 Å². The zero-order valence-corrected chi connectivity index (χ0v) is 21.0.